The van der Waals surface area contributed by atoms with Gasteiger partial charge in [0.25, 0.3) is 0 Å². The molecule has 1 aromatic carbocycles. The number of nitro groups is 1. The predicted octanol–water partition coefficient (Wildman–Crippen LogP) is 1.93. The van der Waals surface area contributed by atoms with Crippen molar-refractivity contribution in [2.75, 3.05) is 25.5 Å². The lowest BCUT2D eigenvalue weighted by Gasteiger charge is -2.22. The van der Waals surface area contributed by atoms with Gasteiger partial charge in [-0.15, -0.1) is 0 Å². The van der Waals surface area contributed by atoms with Crippen LogP contribution in [0.3, 0.4) is 0 Å². The van der Waals surface area contributed by atoms with E-state index in [0.29, 0.717) is 18.0 Å². The zero-order chi connectivity index (χ0) is 15.2. The van der Waals surface area contributed by atoms with Gasteiger partial charge in [0.05, 0.1) is 12.0 Å². The van der Waals surface area contributed by atoms with Crippen LogP contribution in [0.4, 0.5) is 11.4 Å². The van der Waals surface area contributed by atoms with Crippen LogP contribution in [0, 0.1) is 16.0 Å². The summed E-state index contributed by atoms with van der Waals surface area (Å²) in [6.45, 7) is 1.85. The van der Waals surface area contributed by atoms with Gasteiger partial charge in [0.1, 0.15) is 0 Å². The Labute approximate surface area is 122 Å². The topological polar surface area (TPSA) is 93.5 Å². The number of anilines is 1. The van der Waals surface area contributed by atoms with Crippen LogP contribution in [0.1, 0.15) is 19.3 Å². The number of piperidine rings is 1. The van der Waals surface area contributed by atoms with Gasteiger partial charge in [-0.25, -0.2) is 0 Å². The minimum absolute atomic E-state index is 0.122. The molecule has 1 heterocycles. The molecule has 2 N–H and O–H groups in total. The second-order valence-electron chi connectivity index (χ2n) is 5.11. The molecule has 1 unspecified atom stereocenters. The monoisotopic (exact) mass is 293 g/mol. The third-order valence-corrected chi connectivity index (χ3v) is 3.53. The molecular formula is C14H19N3O4. The van der Waals surface area contributed by atoms with Crippen LogP contribution in [-0.2, 0) is 4.79 Å². The Morgan fingerprint density at radius 1 is 1.57 bits per heavy atom. The number of rotatable bonds is 5. The maximum absolute atomic E-state index is 12.0. The van der Waals surface area contributed by atoms with Crippen molar-refractivity contribution < 1.29 is 14.5 Å². The lowest BCUT2D eigenvalue weighted by Crippen LogP contribution is -2.32. The maximum Gasteiger partial charge on any atom is 0.312 e. The summed E-state index contributed by atoms with van der Waals surface area (Å²) in [7, 11) is 1.37. The van der Waals surface area contributed by atoms with Gasteiger partial charge in [0.2, 0.25) is 5.91 Å². The summed E-state index contributed by atoms with van der Waals surface area (Å²) in [6.07, 6.45) is 2.53. The molecule has 0 aromatic heterocycles. The first-order chi connectivity index (χ1) is 10.1. The first-order valence-corrected chi connectivity index (χ1v) is 6.93. The molecule has 1 aliphatic rings. The van der Waals surface area contributed by atoms with Gasteiger partial charge < -0.3 is 15.4 Å². The number of nitrogens with zero attached hydrogens (tertiary/aromatic N) is 1. The van der Waals surface area contributed by atoms with Gasteiger partial charge in [0.15, 0.2) is 5.75 Å². The molecule has 0 aliphatic carbocycles. The summed E-state index contributed by atoms with van der Waals surface area (Å²) in [6, 6.07) is 4.40. The van der Waals surface area contributed by atoms with E-state index in [1.807, 2.05) is 0 Å². The molecule has 21 heavy (non-hydrogen) atoms. The maximum atomic E-state index is 12.0. The predicted molar refractivity (Wildman–Crippen MR) is 78.5 cm³/mol. The summed E-state index contributed by atoms with van der Waals surface area (Å²) in [4.78, 5) is 22.4. The molecular weight excluding hydrogens is 274 g/mol. The summed E-state index contributed by atoms with van der Waals surface area (Å²) >= 11 is 0. The molecule has 0 radical (unpaired) electrons. The number of carbonyl (C=O) groups is 1. The average molecular weight is 293 g/mol. The van der Waals surface area contributed by atoms with Crippen molar-refractivity contribution in [3.8, 4) is 5.75 Å². The summed E-state index contributed by atoms with van der Waals surface area (Å²) < 4.78 is 4.93. The van der Waals surface area contributed by atoms with Crippen molar-refractivity contribution in [2.45, 2.75) is 19.3 Å². The van der Waals surface area contributed by atoms with Crippen LogP contribution in [-0.4, -0.2) is 31.0 Å². The van der Waals surface area contributed by atoms with Crippen LogP contribution in [0.25, 0.3) is 0 Å². The lowest BCUT2D eigenvalue weighted by molar-refractivity contribution is -0.385. The second-order valence-corrected chi connectivity index (χ2v) is 5.11. The first-order valence-electron chi connectivity index (χ1n) is 6.93. The van der Waals surface area contributed by atoms with E-state index in [0.717, 1.165) is 25.9 Å². The first kappa shape index (κ1) is 15.2. The summed E-state index contributed by atoms with van der Waals surface area (Å²) in [5, 5.41) is 16.9. The number of ether oxygens (including phenoxy) is 1. The Morgan fingerprint density at radius 2 is 2.38 bits per heavy atom. The third-order valence-electron chi connectivity index (χ3n) is 3.53. The van der Waals surface area contributed by atoms with Gasteiger partial charge in [0, 0.05) is 18.2 Å². The summed E-state index contributed by atoms with van der Waals surface area (Å²) in [5.41, 5.74) is 0.255. The number of hydrogen-bond acceptors (Lipinski definition) is 5. The Bertz CT molecular complexity index is 527. The summed E-state index contributed by atoms with van der Waals surface area (Å²) in [5.74, 6) is 0.379. The molecule has 0 bridgehead atoms. The molecule has 114 valence electrons. The number of hydrogen-bond donors (Lipinski definition) is 2. The third kappa shape index (κ3) is 4.16. The molecule has 1 amide bonds. The van der Waals surface area contributed by atoms with Gasteiger partial charge in [-0.1, -0.05) is 0 Å². The van der Waals surface area contributed by atoms with Crippen molar-refractivity contribution in [1.82, 2.24) is 5.32 Å². The molecule has 1 saturated heterocycles. The van der Waals surface area contributed by atoms with Gasteiger partial charge in [-0.05, 0) is 44.0 Å². The number of nitrogens with one attached hydrogen (secondary N) is 2. The molecule has 0 spiro atoms. The standard InChI is InChI=1S/C14H19N3O4/c1-21-13-5-4-11(8-12(13)17(19)20)16-14(18)7-10-3-2-6-15-9-10/h4-5,8,10,15H,2-3,6-7,9H2,1H3,(H,16,18). The highest BCUT2D eigenvalue weighted by Gasteiger charge is 2.19. The molecule has 2 rings (SSSR count). The van der Waals surface area contributed by atoms with E-state index in [1.54, 1.807) is 6.07 Å². The number of amides is 1. The molecule has 1 atom stereocenters. The fraction of sp³-hybridized carbons (Fsp3) is 0.500. The van der Waals surface area contributed by atoms with Crippen molar-refractivity contribution in [1.29, 1.82) is 0 Å². The van der Waals surface area contributed by atoms with Crippen LogP contribution in [0.15, 0.2) is 18.2 Å². The molecule has 1 aliphatic heterocycles. The van der Waals surface area contributed by atoms with Crippen molar-refractivity contribution in [2.24, 2.45) is 5.92 Å². The zero-order valence-electron chi connectivity index (χ0n) is 11.9. The Kier molecular flexibility index (Phi) is 5.10. The highest BCUT2D eigenvalue weighted by Crippen LogP contribution is 2.29. The minimum Gasteiger partial charge on any atom is -0.490 e. The molecule has 0 saturated carbocycles. The van der Waals surface area contributed by atoms with Crippen LogP contribution in [0.2, 0.25) is 0 Å². The van der Waals surface area contributed by atoms with Crippen molar-refractivity contribution >= 4 is 17.3 Å². The van der Waals surface area contributed by atoms with E-state index in [2.05, 4.69) is 10.6 Å². The number of methoxy groups -OCH3 is 1. The fourth-order valence-corrected chi connectivity index (χ4v) is 2.48. The van der Waals surface area contributed by atoms with Crippen LogP contribution < -0.4 is 15.4 Å². The quantitative estimate of drug-likeness (QED) is 0.639. The normalized spacial score (nSPS) is 18.0. The molecule has 1 aromatic rings. The van der Waals surface area contributed by atoms with Gasteiger partial charge in [-0.3, -0.25) is 14.9 Å². The number of benzene rings is 1. The lowest BCUT2D eigenvalue weighted by atomic mass is 9.96. The van der Waals surface area contributed by atoms with Crippen molar-refractivity contribution in [3.63, 3.8) is 0 Å². The van der Waals surface area contributed by atoms with E-state index >= 15 is 0 Å². The van der Waals surface area contributed by atoms with E-state index in [1.165, 1.54) is 19.2 Å². The largest absolute Gasteiger partial charge is 0.490 e. The molecule has 7 nitrogen and oxygen atoms in total. The number of nitro benzene ring substituents is 1. The molecule has 1 fully saturated rings. The molecule has 7 heteroatoms. The number of carbonyl (C=O) groups excluding carboxylic acids is 1. The van der Waals surface area contributed by atoms with Crippen LogP contribution >= 0.6 is 0 Å². The SMILES string of the molecule is COc1ccc(NC(=O)CC2CCCNC2)cc1[N+](=O)[O-]. The van der Waals surface area contributed by atoms with Crippen molar-refractivity contribution in [3.05, 3.63) is 28.3 Å². The fourth-order valence-electron chi connectivity index (χ4n) is 2.48. The Balaban J connectivity index is 2.00. The van der Waals surface area contributed by atoms with Gasteiger partial charge >= 0.3 is 5.69 Å². The average Bonchev–Trinajstić information content (AvgIpc) is 2.48. The smallest absolute Gasteiger partial charge is 0.312 e. The van der Waals surface area contributed by atoms with Crippen LogP contribution in [0.5, 0.6) is 5.75 Å². The van der Waals surface area contributed by atoms with E-state index in [9.17, 15) is 14.9 Å². The van der Waals surface area contributed by atoms with E-state index in [-0.39, 0.29) is 17.3 Å². The Morgan fingerprint density at radius 3 is 3.00 bits per heavy atom. The van der Waals surface area contributed by atoms with E-state index in [4.69, 9.17) is 4.74 Å². The zero-order valence-corrected chi connectivity index (χ0v) is 11.9. The minimum atomic E-state index is -0.528. The van der Waals surface area contributed by atoms with Gasteiger partial charge in [-0.2, -0.15) is 0 Å². The highest BCUT2D eigenvalue weighted by molar-refractivity contribution is 5.91. The Hall–Kier alpha value is -2.15. The second kappa shape index (κ2) is 7.03. The highest BCUT2D eigenvalue weighted by atomic mass is 16.6. The van der Waals surface area contributed by atoms with E-state index < -0.39 is 4.92 Å².